The number of nitrogens with zero attached hydrogens (tertiary/aromatic N) is 1. The molecule has 0 saturated carbocycles. The predicted molar refractivity (Wildman–Crippen MR) is 59.7 cm³/mol. The van der Waals surface area contributed by atoms with Gasteiger partial charge in [-0.25, -0.2) is 4.98 Å². The maximum atomic E-state index is 12.0. The van der Waals surface area contributed by atoms with Gasteiger partial charge in [0.2, 0.25) is 5.88 Å². The van der Waals surface area contributed by atoms with Gasteiger partial charge < -0.3 is 9.47 Å². The molecule has 90 valence electrons. The van der Waals surface area contributed by atoms with Gasteiger partial charge in [0.15, 0.2) is 0 Å². The maximum absolute atomic E-state index is 12.0. The fraction of sp³-hybridized carbons (Fsp3) is 0.375. The van der Waals surface area contributed by atoms with Crippen molar-refractivity contribution in [2.24, 2.45) is 0 Å². The van der Waals surface area contributed by atoms with Crippen LogP contribution in [0, 0.1) is 3.57 Å². The van der Waals surface area contributed by atoms with Crippen molar-refractivity contribution in [1.29, 1.82) is 0 Å². The molecule has 0 atom stereocenters. The van der Waals surface area contributed by atoms with E-state index >= 15 is 0 Å². The van der Waals surface area contributed by atoms with Crippen LogP contribution in [0.2, 0.25) is 0 Å². The second kappa shape index (κ2) is 5.26. The van der Waals surface area contributed by atoms with E-state index in [4.69, 9.17) is 16.3 Å². The fourth-order valence-corrected chi connectivity index (χ4v) is 1.65. The average Bonchev–Trinajstić information content (AvgIpc) is 2.18. The summed E-state index contributed by atoms with van der Waals surface area (Å²) in [5, 5.41) is 0. The van der Waals surface area contributed by atoms with Crippen LogP contribution in [0.25, 0.3) is 0 Å². The van der Waals surface area contributed by atoms with Crippen LogP contribution in [0.3, 0.4) is 0 Å². The molecule has 16 heavy (non-hydrogen) atoms. The van der Waals surface area contributed by atoms with Crippen LogP contribution in [0.15, 0.2) is 6.07 Å². The number of hydrogen-bond donors (Lipinski definition) is 0. The van der Waals surface area contributed by atoms with Gasteiger partial charge in [-0.15, -0.1) is 24.8 Å². The SMILES string of the molecule is COc1cc(I)c(OC(F)(F)F)nc1CCl. The Morgan fingerprint density at radius 3 is 2.56 bits per heavy atom. The van der Waals surface area contributed by atoms with E-state index in [1.165, 1.54) is 13.2 Å². The first-order chi connectivity index (χ1) is 7.37. The third kappa shape index (κ3) is 3.55. The van der Waals surface area contributed by atoms with Crippen molar-refractivity contribution in [3.63, 3.8) is 0 Å². The highest BCUT2D eigenvalue weighted by atomic mass is 127. The first kappa shape index (κ1) is 13.6. The largest absolute Gasteiger partial charge is 0.574 e. The van der Waals surface area contributed by atoms with E-state index in [0.717, 1.165) is 0 Å². The topological polar surface area (TPSA) is 31.4 Å². The highest BCUT2D eigenvalue weighted by Crippen LogP contribution is 2.30. The van der Waals surface area contributed by atoms with E-state index in [9.17, 15) is 13.2 Å². The van der Waals surface area contributed by atoms with Gasteiger partial charge in [0.05, 0.1) is 16.6 Å². The zero-order valence-electron chi connectivity index (χ0n) is 7.94. The van der Waals surface area contributed by atoms with Gasteiger partial charge in [-0.1, -0.05) is 0 Å². The lowest BCUT2D eigenvalue weighted by atomic mass is 10.3. The Hall–Kier alpha value is -0.440. The Bertz CT molecular complexity index is 386. The predicted octanol–water partition coefficient (Wildman–Crippen LogP) is 3.33. The summed E-state index contributed by atoms with van der Waals surface area (Å²) in [5.74, 6) is -0.257. The summed E-state index contributed by atoms with van der Waals surface area (Å²) >= 11 is 7.20. The van der Waals surface area contributed by atoms with E-state index in [2.05, 4.69) is 9.72 Å². The summed E-state index contributed by atoms with van der Waals surface area (Å²) in [6.45, 7) is 0. The van der Waals surface area contributed by atoms with E-state index < -0.39 is 12.2 Å². The zero-order valence-corrected chi connectivity index (χ0v) is 10.9. The molecule has 1 aromatic rings. The second-order valence-corrected chi connectivity index (χ2v) is 4.04. The smallest absolute Gasteiger partial charge is 0.495 e. The molecule has 8 heteroatoms. The number of rotatable bonds is 3. The minimum absolute atomic E-state index is 0.0612. The Labute approximate surface area is 108 Å². The molecule has 0 aliphatic carbocycles. The minimum atomic E-state index is -4.77. The van der Waals surface area contributed by atoms with E-state index in [-0.39, 0.29) is 15.1 Å². The summed E-state index contributed by atoms with van der Waals surface area (Å²) in [6, 6.07) is 1.38. The van der Waals surface area contributed by atoms with Crippen LogP contribution in [0.1, 0.15) is 5.69 Å². The van der Waals surface area contributed by atoms with E-state index in [1.807, 2.05) is 0 Å². The molecule has 0 fully saturated rings. The Kier molecular flexibility index (Phi) is 4.48. The summed E-state index contributed by atoms with van der Waals surface area (Å²) in [6.07, 6.45) is -4.77. The first-order valence-electron chi connectivity index (χ1n) is 3.92. The van der Waals surface area contributed by atoms with Crippen LogP contribution >= 0.6 is 34.2 Å². The van der Waals surface area contributed by atoms with Crippen molar-refractivity contribution in [1.82, 2.24) is 4.98 Å². The zero-order chi connectivity index (χ0) is 12.3. The number of methoxy groups -OCH3 is 1. The van der Waals surface area contributed by atoms with Crippen molar-refractivity contribution in [3.8, 4) is 11.6 Å². The van der Waals surface area contributed by atoms with E-state index in [1.54, 1.807) is 22.6 Å². The third-order valence-corrected chi connectivity index (χ3v) is 2.57. The lowest BCUT2D eigenvalue weighted by Gasteiger charge is -2.12. The quantitative estimate of drug-likeness (QED) is 0.607. The molecule has 0 aromatic carbocycles. The van der Waals surface area contributed by atoms with Crippen molar-refractivity contribution >= 4 is 34.2 Å². The van der Waals surface area contributed by atoms with Crippen LogP contribution in [-0.4, -0.2) is 18.5 Å². The average molecular weight is 367 g/mol. The van der Waals surface area contributed by atoms with Crippen molar-refractivity contribution in [2.45, 2.75) is 12.2 Å². The Balaban J connectivity index is 3.11. The van der Waals surface area contributed by atoms with Gasteiger partial charge in [-0.3, -0.25) is 0 Å². The van der Waals surface area contributed by atoms with Gasteiger partial charge >= 0.3 is 6.36 Å². The second-order valence-electron chi connectivity index (χ2n) is 2.61. The van der Waals surface area contributed by atoms with Crippen LogP contribution < -0.4 is 9.47 Å². The van der Waals surface area contributed by atoms with Crippen molar-refractivity contribution in [3.05, 3.63) is 15.3 Å². The number of aromatic nitrogens is 1. The maximum Gasteiger partial charge on any atom is 0.574 e. The molecule has 0 N–H and O–H groups in total. The lowest BCUT2D eigenvalue weighted by Crippen LogP contribution is -2.19. The minimum Gasteiger partial charge on any atom is -0.495 e. The van der Waals surface area contributed by atoms with Gasteiger partial charge in [-0.2, -0.15) is 0 Å². The molecule has 0 spiro atoms. The molecular weight excluding hydrogens is 361 g/mol. The summed E-state index contributed by atoms with van der Waals surface area (Å²) in [4.78, 5) is 3.64. The summed E-state index contributed by atoms with van der Waals surface area (Å²) in [5.41, 5.74) is 0.198. The normalized spacial score (nSPS) is 11.4. The van der Waals surface area contributed by atoms with Crippen molar-refractivity contribution in [2.75, 3.05) is 7.11 Å². The number of pyridine rings is 1. The molecule has 0 aliphatic rings. The highest BCUT2D eigenvalue weighted by molar-refractivity contribution is 14.1. The van der Waals surface area contributed by atoms with Gasteiger partial charge in [0, 0.05) is 6.07 Å². The third-order valence-electron chi connectivity index (χ3n) is 1.54. The van der Waals surface area contributed by atoms with Gasteiger partial charge in [0.25, 0.3) is 0 Å². The number of alkyl halides is 4. The standard InChI is InChI=1S/C8H6ClF3INO2/c1-15-6-2-4(13)7(14-5(6)3-9)16-8(10,11)12/h2H,3H2,1H3. The molecule has 0 radical (unpaired) electrons. The molecule has 0 bridgehead atoms. The van der Waals surface area contributed by atoms with E-state index in [0.29, 0.717) is 5.75 Å². The number of ether oxygens (including phenoxy) is 2. The first-order valence-corrected chi connectivity index (χ1v) is 5.54. The molecule has 3 nitrogen and oxygen atoms in total. The molecular formula is C8H6ClF3INO2. The molecule has 0 aliphatic heterocycles. The summed E-state index contributed by atoms with van der Waals surface area (Å²) in [7, 11) is 1.38. The monoisotopic (exact) mass is 367 g/mol. The van der Waals surface area contributed by atoms with Crippen LogP contribution in [0.5, 0.6) is 11.6 Å². The number of halogens is 5. The van der Waals surface area contributed by atoms with Gasteiger partial charge in [0.1, 0.15) is 11.4 Å². The molecule has 0 saturated heterocycles. The number of hydrogen-bond acceptors (Lipinski definition) is 3. The Morgan fingerprint density at radius 2 is 2.12 bits per heavy atom. The molecule has 0 unspecified atom stereocenters. The molecule has 1 rings (SSSR count). The Morgan fingerprint density at radius 1 is 1.50 bits per heavy atom. The highest BCUT2D eigenvalue weighted by Gasteiger charge is 2.33. The van der Waals surface area contributed by atoms with Crippen LogP contribution in [0.4, 0.5) is 13.2 Å². The van der Waals surface area contributed by atoms with Crippen molar-refractivity contribution < 1.29 is 22.6 Å². The fourth-order valence-electron chi connectivity index (χ4n) is 0.945. The molecule has 1 aromatic heterocycles. The lowest BCUT2D eigenvalue weighted by molar-refractivity contribution is -0.276. The van der Waals surface area contributed by atoms with Crippen LogP contribution in [-0.2, 0) is 5.88 Å². The molecule has 1 heterocycles. The van der Waals surface area contributed by atoms with Gasteiger partial charge in [-0.05, 0) is 22.6 Å². The molecule has 0 amide bonds. The summed E-state index contributed by atoms with van der Waals surface area (Å²) < 4.78 is 44.9.